The Morgan fingerprint density at radius 3 is 2.81 bits per heavy atom. The van der Waals surface area contributed by atoms with Gasteiger partial charge in [0.15, 0.2) is 0 Å². The Morgan fingerprint density at radius 1 is 1.50 bits per heavy atom. The summed E-state index contributed by atoms with van der Waals surface area (Å²) in [6.45, 7) is 5.72. The normalized spacial score (nSPS) is 15.5. The van der Waals surface area contributed by atoms with Crippen LogP contribution in [0.4, 0.5) is 5.69 Å². The highest BCUT2D eigenvalue weighted by Crippen LogP contribution is 2.38. The first-order valence-corrected chi connectivity index (χ1v) is 6.03. The molecule has 0 amide bonds. The van der Waals surface area contributed by atoms with Gasteiger partial charge in [0, 0.05) is 19.0 Å². The number of hydrogen-bond acceptors (Lipinski definition) is 4. The predicted octanol–water partition coefficient (Wildman–Crippen LogP) is 1.85. The van der Waals surface area contributed by atoms with E-state index >= 15 is 0 Å². The summed E-state index contributed by atoms with van der Waals surface area (Å²) in [6.07, 6.45) is 4.39. The van der Waals surface area contributed by atoms with Gasteiger partial charge in [-0.25, -0.2) is 9.97 Å². The predicted molar refractivity (Wildman–Crippen MR) is 65.6 cm³/mol. The minimum atomic E-state index is 0.417. The number of anilines is 1. The van der Waals surface area contributed by atoms with Gasteiger partial charge in [-0.05, 0) is 18.8 Å². The third-order valence-corrected chi connectivity index (χ3v) is 2.79. The van der Waals surface area contributed by atoms with Gasteiger partial charge in [-0.2, -0.15) is 0 Å². The van der Waals surface area contributed by atoms with Crippen LogP contribution in [0.5, 0.6) is 0 Å². The van der Waals surface area contributed by atoms with E-state index in [9.17, 15) is 0 Å². The monoisotopic (exact) mass is 220 g/mol. The summed E-state index contributed by atoms with van der Waals surface area (Å²) < 4.78 is 0. The molecular formula is C12H20N4. The van der Waals surface area contributed by atoms with Crippen LogP contribution in [0.3, 0.4) is 0 Å². The Hall–Kier alpha value is -1.16. The van der Waals surface area contributed by atoms with Crippen LogP contribution >= 0.6 is 0 Å². The Bertz CT molecular complexity index is 358. The summed E-state index contributed by atoms with van der Waals surface area (Å²) in [6, 6.07) is 0. The van der Waals surface area contributed by atoms with Crippen LogP contribution < -0.4 is 11.1 Å². The van der Waals surface area contributed by atoms with Gasteiger partial charge in [0.2, 0.25) is 0 Å². The van der Waals surface area contributed by atoms with E-state index in [0.717, 1.165) is 23.8 Å². The Balaban J connectivity index is 2.21. The van der Waals surface area contributed by atoms with Crippen molar-refractivity contribution in [3.8, 4) is 0 Å². The van der Waals surface area contributed by atoms with E-state index in [0.29, 0.717) is 18.4 Å². The van der Waals surface area contributed by atoms with Crippen molar-refractivity contribution in [3.05, 3.63) is 17.7 Å². The number of hydrogen-bond donors (Lipinski definition) is 2. The summed E-state index contributed by atoms with van der Waals surface area (Å²) in [4.78, 5) is 9.09. The van der Waals surface area contributed by atoms with Crippen molar-refractivity contribution in [2.24, 2.45) is 5.73 Å². The number of nitrogens with one attached hydrogen (secondary N) is 1. The van der Waals surface area contributed by atoms with E-state index in [1.807, 2.05) is 6.20 Å². The first-order chi connectivity index (χ1) is 7.72. The number of aromatic nitrogens is 2. The third kappa shape index (κ3) is 2.50. The van der Waals surface area contributed by atoms with E-state index in [2.05, 4.69) is 29.1 Å². The van der Waals surface area contributed by atoms with E-state index < -0.39 is 0 Å². The highest BCUT2D eigenvalue weighted by Gasteiger charge is 2.27. The zero-order valence-corrected chi connectivity index (χ0v) is 10.0. The van der Waals surface area contributed by atoms with Crippen molar-refractivity contribution in [1.29, 1.82) is 0 Å². The highest BCUT2D eigenvalue weighted by molar-refractivity contribution is 5.47. The van der Waals surface area contributed by atoms with Gasteiger partial charge in [0.1, 0.15) is 5.82 Å². The zero-order valence-electron chi connectivity index (χ0n) is 10.0. The maximum absolute atomic E-state index is 5.49. The molecule has 0 aromatic carbocycles. The van der Waals surface area contributed by atoms with Crippen molar-refractivity contribution >= 4 is 5.69 Å². The van der Waals surface area contributed by atoms with Crippen molar-refractivity contribution in [3.63, 3.8) is 0 Å². The van der Waals surface area contributed by atoms with E-state index in [4.69, 9.17) is 5.73 Å². The molecule has 1 aliphatic carbocycles. The number of rotatable bonds is 5. The Morgan fingerprint density at radius 2 is 2.25 bits per heavy atom. The molecule has 1 fully saturated rings. The molecule has 2 rings (SSSR count). The van der Waals surface area contributed by atoms with Crippen LogP contribution in [0, 0.1) is 0 Å². The van der Waals surface area contributed by atoms with Crippen LogP contribution in [-0.2, 0) is 0 Å². The van der Waals surface area contributed by atoms with E-state index in [1.54, 1.807) is 0 Å². The third-order valence-electron chi connectivity index (χ3n) is 2.79. The van der Waals surface area contributed by atoms with Gasteiger partial charge in [0.05, 0.1) is 17.6 Å². The molecule has 0 unspecified atom stereocenters. The molecule has 4 nitrogen and oxygen atoms in total. The Labute approximate surface area is 96.7 Å². The standard InChI is InChI=1S/C12H20N4/c1-8(2)11-10(14-6-5-13)7-15-12(16-11)9-3-4-9/h7-9,14H,3-6,13H2,1-2H3. The second kappa shape index (κ2) is 4.78. The highest BCUT2D eigenvalue weighted by atomic mass is 15.0. The summed E-state index contributed by atoms with van der Waals surface area (Å²) in [7, 11) is 0. The van der Waals surface area contributed by atoms with Crippen molar-refractivity contribution < 1.29 is 0 Å². The second-order valence-electron chi connectivity index (χ2n) is 4.67. The first kappa shape index (κ1) is 11.3. The molecule has 1 aliphatic rings. The van der Waals surface area contributed by atoms with Crippen LogP contribution in [0.2, 0.25) is 0 Å². The molecular weight excluding hydrogens is 200 g/mol. The van der Waals surface area contributed by atoms with Crippen LogP contribution in [0.1, 0.15) is 50.0 Å². The largest absolute Gasteiger partial charge is 0.381 e. The lowest BCUT2D eigenvalue weighted by Gasteiger charge is -2.13. The van der Waals surface area contributed by atoms with E-state index in [1.165, 1.54) is 12.8 Å². The first-order valence-electron chi connectivity index (χ1n) is 6.03. The lowest BCUT2D eigenvalue weighted by atomic mass is 10.1. The molecule has 88 valence electrons. The molecule has 0 spiro atoms. The van der Waals surface area contributed by atoms with Crippen molar-refractivity contribution in [2.45, 2.75) is 38.5 Å². The minimum Gasteiger partial charge on any atom is -0.381 e. The van der Waals surface area contributed by atoms with Crippen molar-refractivity contribution in [1.82, 2.24) is 9.97 Å². The fourth-order valence-electron chi connectivity index (χ4n) is 1.73. The van der Waals surface area contributed by atoms with E-state index in [-0.39, 0.29) is 0 Å². The smallest absolute Gasteiger partial charge is 0.131 e. The van der Waals surface area contributed by atoms with Crippen LogP contribution in [0.15, 0.2) is 6.20 Å². The molecule has 16 heavy (non-hydrogen) atoms. The quantitative estimate of drug-likeness (QED) is 0.795. The molecule has 4 heteroatoms. The molecule has 3 N–H and O–H groups in total. The number of nitrogens with zero attached hydrogens (tertiary/aromatic N) is 2. The molecule has 0 bridgehead atoms. The summed E-state index contributed by atoms with van der Waals surface area (Å²) in [5, 5.41) is 3.28. The molecule has 1 aromatic heterocycles. The minimum absolute atomic E-state index is 0.417. The summed E-state index contributed by atoms with van der Waals surface area (Å²) in [5.41, 5.74) is 7.64. The Kier molecular flexibility index (Phi) is 3.39. The summed E-state index contributed by atoms with van der Waals surface area (Å²) >= 11 is 0. The molecule has 0 radical (unpaired) electrons. The molecule has 0 atom stereocenters. The van der Waals surface area contributed by atoms with Gasteiger partial charge in [0.25, 0.3) is 0 Å². The molecule has 1 saturated carbocycles. The molecule has 1 aromatic rings. The maximum Gasteiger partial charge on any atom is 0.131 e. The maximum atomic E-state index is 5.49. The fourth-order valence-corrected chi connectivity index (χ4v) is 1.73. The van der Waals surface area contributed by atoms with Crippen LogP contribution in [-0.4, -0.2) is 23.1 Å². The van der Waals surface area contributed by atoms with Gasteiger partial charge in [-0.3, -0.25) is 0 Å². The lowest BCUT2D eigenvalue weighted by molar-refractivity contribution is 0.783. The molecule has 0 saturated heterocycles. The molecule has 0 aliphatic heterocycles. The number of nitrogens with two attached hydrogens (primary N) is 1. The van der Waals surface area contributed by atoms with Gasteiger partial charge in [-0.15, -0.1) is 0 Å². The van der Waals surface area contributed by atoms with Gasteiger partial charge < -0.3 is 11.1 Å². The molecule has 1 heterocycles. The summed E-state index contributed by atoms with van der Waals surface area (Å²) in [5.74, 6) is 2.05. The SMILES string of the molecule is CC(C)c1nc(C2CC2)ncc1NCCN. The average Bonchev–Trinajstić information content (AvgIpc) is 3.09. The second-order valence-corrected chi connectivity index (χ2v) is 4.67. The van der Waals surface area contributed by atoms with Gasteiger partial charge in [-0.1, -0.05) is 13.8 Å². The average molecular weight is 220 g/mol. The van der Waals surface area contributed by atoms with Crippen LogP contribution in [0.25, 0.3) is 0 Å². The topological polar surface area (TPSA) is 63.8 Å². The zero-order chi connectivity index (χ0) is 11.5. The van der Waals surface area contributed by atoms with Crippen molar-refractivity contribution in [2.75, 3.05) is 18.4 Å². The fraction of sp³-hybridized carbons (Fsp3) is 0.667. The lowest BCUT2D eigenvalue weighted by Crippen LogP contribution is -2.15. The van der Waals surface area contributed by atoms with Gasteiger partial charge >= 0.3 is 0 Å².